The fraction of sp³-hybridized carbons (Fsp3) is 0.771. The SMILES string of the molecule is C/C=C/C1CCC2CC(C3CCC(C4CCC(CCc5ccc(OCC)c(F)c5F)CC4)CC3)CCC2C1. The van der Waals surface area contributed by atoms with E-state index in [1.807, 2.05) is 0 Å². The van der Waals surface area contributed by atoms with Crippen molar-refractivity contribution >= 4 is 0 Å². The van der Waals surface area contributed by atoms with Crippen LogP contribution in [0.15, 0.2) is 24.3 Å². The molecule has 3 heteroatoms. The van der Waals surface area contributed by atoms with Crippen molar-refractivity contribution in [2.45, 2.75) is 117 Å². The van der Waals surface area contributed by atoms with Crippen molar-refractivity contribution in [1.82, 2.24) is 0 Å². The van der Waals surface area contributed by atoms with Crippen LogP contribution in [-0.2, 0) is 6.42 Å². The summed E-state index contributed by atoms with van der Waals surface area (Å²) in [6, 6.07) is 3.31. The van der Waals surface area contributed by atoms with Gasteiger partial charge in [-0.15, -0.1) is 0 Å². The Kier molecular flexibility index (Phi) is 9.87. The lowest BCUT2D eigenvalue weighted by molar-refractivity contribution is 0.0572. The van der Waals surface area contributed by atoms with Crippen LogP contribution in [0.2, 0.25) is 0 Å². The molecule has 0 radical (unpaired) electrons. The number of hydrogen-bond acceptors (Lipinski definition) is 1. The number of ether oxygens (including phenoxy) is 1. The van der Waals surface area contributed by atoms with Gasteiger partial charge in [0, 0.05) is 0 Å². The molecular formula is C35H52F2O. The fourth-order valence-electron chi connectivity index (χ4n) is 9.26. The molecule has 1 aromatic carbocycles. The van der Waals surface area contributed by atoms with Gasteiger partial charge >= 0.3 is 0 Å². The first-order chi connectivity index (χ1) is 18.6. The van der Waals surface area contributed by atoms with Crippen LogP contribution in [0.1, 0.15) is 116 Å². The molecule has 0 spiro atoms. The highest BCUT2D eigenvalue weighted by molar-refractivity contribution is 5.31. The number of aryl methyl sites for hydroxylation is 1. The van der Waals surface area contributed by atoms with Gasteiger partial charge in [0.25, 0.3) is 0 Å². The Balaban J connectivity index is 1.02. The minimum absolute atomic E-state index is 0.0313. The molecule has 38 heavy (non-hydrogen) atoms. The number of hydrogen-bond donors (Lipinski definition) is 0. The molecule has 4 fully saturated rings. The van der Waals surface area contributed by atoms with Crippen molar-refractivity contribution in [3.63, 3.8) is 0 Å². The summed E-state index contributed by atoms with van der Waals surface area (Å²) in [5, 5.41) is 0. The van der Waals surface area contributed by atoms with E-state index in [0.29, 0.717) is 24.5 Å². The predicted molar refractivity (Wildman–Crippen MR) is 153 cm³/mol. The van der Waals surface area contributed by atoms with E-state index in [9.17, 15) is 8.78 Å². The minimum atomic E-state index is -0.825. The van der Waals surface area contributed by atoms with Gasteiger partial charge in [-0.3, -0.25) is 0 Å². The molecule has 4 unspecified atom stereocenters. The van der Waals surface area contributed by atoms with Crippen LogP contribution >= 0.6 is 0 Å². The number of rotatable bonds is 8. The Hall–Kier alpha value is -1.38. The zero-order valence-corrected chi connectivity index (χ0v) is 24.1. The predicted octanol–water partition coefficient (Wildman–Crippen LogP) is 10.3. The van der Waals surface area contributed by atoms with Crippen molar-refractivity contribution in [2.24, 2.45) is 47.3 Å². The van der Waals surface area contributed by atoms with Crippen molar-refractivity contribution in [3.8, 4) is 5.75 Å². The van der Waals surface area contributed by atoms with E-state index in [1.54, 1.807) is 19.1 Å². The molecule has 4 saturated carbocycles. The van der Waals surface area contributed by atoms with Crippen LogP contribution in [0.3, 0.4) is 0 Å². The molecule has 0 aliphatic heterocycles. The summed E-state index contributed by atoms with van der Waals surface area (Å²) in [6.45, 7) is 4.32. The maximum atomic E-state index is 14.5. The summed E-state index contributed by atoms with van der Waals surface area (Å²) in [5.41, 5.74) is 0.506. The Labute approximate surface area is 231 Å². The van der Waals surface area contributed by atoms with Crippen molar-refractivity contribution < 1.29 is 13.5 Å². The van der Waals surface area contributed by atoms with E-state index >= 15 is 0 Å². The van der Waals surface area contributed by atoms with Crippen molar-refractivity contribution in [3.05, 3.63) is 41.5 Å². The highest BCUT2D eigenvalue weighted by Crippen LogP contribution is 2.50. The van der Waals surface area contributed by atoms with E-state index in [4.69, 9.17) is 4.74 Å². The van der Waals surface area contributed by atoms with E-state index in [0.717, 1.165) is 47.8 Å². The van der Waals surface area contributed by atoms with Crippen molar-refractivity contribution in [2.75, 3.05) is 6.61 Å². The molecule has 0 bridgehead atoms. The molecule has 1 aromatic rings. The lowest BCUT2D eigenvalue weighted by atomic mass is 9.60. The normalized spacial score (nSPS) is 36.2. The van der Waals surface area contributed by atoms with E-state index in [2.05, 4.69) is 19.1 Å². The minimum Gasteiger partial charge on any atom is -0.491 e. The van der Waals surface area contributed by atoms with Gasteiger partial charge in [-0.1, -0.05) is 31.1 Å². The van der Waals surface area contributed by atoms with Gasteiger partial charge in [0.2, 0.25) is 5.82 Å². The number of allylic oxidation sites excluding steroid dienone is 2. The Bertz CT molecular complexity index is 909. The van der Waals surface area contributed by atoms with Crippen LogP contribution < -0.4 is 4.74 Å². The topological polar surface area (TPSA) is 9.23 Å². The van der Waals surface area contributed by atoms with Gasteiger partial charge in [-0.05, 0) is 163 Å². The molecule has 212 valence electrons. The molecular weight excluding hydrogens is 474 g/mol. The van der Waals surface area contributed by atoms with Gasteiger partial charge in [0.05, 0.1) is 6.61 Å². The maximum Gasteiger partial charge on any atom is 0.200 e. The lowest BCUT2D eigenvalue weighted by Crippen LogP contribution is -2.35. The van der Waals surface area contributed by atoms with Gasteiger partial charge in [0.1, 0.15) is 0 Å². The Morgan fingerprint density at radius 3 is 1.92 bits per heavy atom. The highest BCUT2D eigenvalue weighted by atomic mass is 19.2. The summed E-state index contributed by atoms with van der Waals surface area (Å²) in [7, 11) is 0. The monoisotopic (exact) mass is 526 g/mol. The van der Waals surface area contributed by atoms with Crippen LogP contribution in [0.4, 0.5) is 8.78 Å². The number of halogens is 2. The van der Waals surface area contributed by atoms with Crippen LogP contribution in [0, 0.1) is 59.0 Å². The van der Waals surface area contributed by atoms with E-state index < -0.39 is 11.6 Å². The molecule has 1 nitrogen and oxygen atoms in total. The first-order valence-corrected chi connectivity index (χ1v) is 16.3. The summed E-state index contributed by atoms with van der Waals surface area (Å²) < 4.78 is 33.9. The standard InChI is InChI=1S/C35H52F2O/c1-3-5-25-9-13-32-23-31(19-18-30(32)22-25)28-16-14-27(15-17-28)26-10-6-24(7-11-26)8-12-29-20-21-33(38-4-2)35(37)34(29)36/h3,5,20-21,24-28,30-32H,4,6-19,22-23H2,1-2H3/b5-3+. The van der Waals surface area contributed by atoms with Crippen LogP contribution in [-0.4, -0.2) is 6.61 Å². The second kappa shape index (κ2) is 13.3. The van der Waals surface area contributed by atoms with Gasteiger partial charge in [-0.25, -0.2) is 4.39 Å². The molecule has 5 rings (SSSR count). The van der Waals surface area contributed by atoms with Gasteiger partial charge in [-0.2, -0.15) is 4.39 Å². The average molecular weight is 527 g/mol. The van der Waals surface area contributed by atoms with Gasteiger partial charge < -0.3 is 4.74 Å². The second-order valence-corrected chi connectivity index (χ2v) is 13.5. The third-order valence-corrected chi connectivity index (χ3v) is 11.4. The average Bonchev–Trinajstić information content (AvgIpc) is 2.95. The summed E-state index contributed by atoms with van der Waals surface area (Å²) >= 11 is 0. The third kappa shape index (κ3) is 6.67. The van der Waals surface area contributed by atoms with Crippen LogP contribution in [0.5, 0.6) is 5.75 Å². The number of fused-ring (bicyclic) bond motifs is 1. The molecule has 0 aromatic heterocycles. The lowest BCUT2D eigenvalue weighted by Gasteiger charge is -2.46. The summed E-state index contributed by atoms with van der Waals surface area (Å²) in [4.78, 5) is 0. The first kappa shape index (κ1) is 28.2. The maximum absolute atomic E-state index is 14.5. The van der Waals surface area contributed by atoms with Gasteiger partial charge in [0.15, 0.2) is 11.6 Å². The second-order valence-electron chi connectivity index (χ2n) is 13.5. The Morgan fingerprint density at radius 1 is 0.711 bits per heavy atom. The highest BCUT2D eigenvalue weighted by Gasteiger charge is 2.39. The molecule has 0 amide bonds. The number of benzene rings is 1. The zero-order valence-electron chi connectivity index (χ0n) is 24.1. The first-order valence-electron chi connectivity index (χ1n) is 16.3. The van der Waals surface area contributed by atoms with E-state index in [1.165, 1.54) is 89.9 Å². The smallest absolute Gasteiger partial charge is 0.200 e. The molecule has 0 heterocycles. The quantitative estimate of drug-likeness (QED) is 0.306. The zero-order chi connectivity index (χ0) is 26.5. The molecule has 4 aliphatic rings. The van der Waals surface area contributed by atoms with Crippen molar-refractivity contribution in [1.29, 1.82) is 0 Å². The summed E-state index contributed by atoms with van der Waals surface area (Å²) in [5.74, 6) is 5.92. The Morgan fingerprint density at radius 2 is 1.26 bits per heavy atom. The van der Waals surface area contributed by atoms with E-state index in [-0.39, 0.29) is 5.75 Å². The molecule has 4 aliphatic carbocycles. The van der Waals surface area contributed by atoms with Crippen LogP contribution in [0.25, 0.3) is 0 Å². The molecule has 4 atom stereocenters. The largest absolute Gasteiger partial charge is 0.491 e. The third-order valence-electron chi connectivity index (χ3n) is 11.4. The molecule has 0 saturated heterocycles. The molecule has 0 N–H and O–H groups in total. The summed E-state index contributed by atoms with van der Waals surface area (Å²) in [6.07, 6.45) is 26.4. The fourth-order valence-corrected chi connectivity index (χ4v) is 9.26.